The summed E-state index contributed by atoms with van der Waals surface area (Å²) >= 11 is 3.26. The minimum atomic E-state index is -0.838. The van der Waals surface area contributed by atoms with Crippen LogP contribution in [0.1, 0.15) is 59.5 Å². The van der Waals surface area contributed by atoms with E-state index < -0.39 is 39.6 Å². The molecule has 0 aromatic heterocycles. The Hall–Kier alpha value is -6.03. The number of benzene rings is 3. The molecule has 0 radical (unpaired) electrons. The Morgan fingerprint density at radius 2 is 1.40 bits per heavy atom. The zero-order valence-electron chi connectivity index (χ0n) is 29.8. The van der Waals surface area contributed by atoms with Crippen LogP contribution < -0.4 is 10.6 Å². The molecule has 0 atom stereocenters. The molecule has 2 amide bonds. The van der Waals surface area contributed by atoms with Gasteiger partial charge in [-0.1, -0.05) is 28.1 Å². The van der Waals surface area contributed by atoms with E-state index in [-0.39, 0.29) is 58.6 Å². The number of azo groups is 1. The molecule has 3 aromatic rings. The van der Waals surface area contributed by atoms with Gasteiger partial charge in [0, 0.05) is 24.7 Å². The molecule has 0 bridgehead atoms. The van der Waals surface area contributed by atoms with Gasteiger partial charge in [-0.2, -0.15) is 5.11 Å². The van der Waals surface area contributed by atoms with Crippen molar-refractivity contribution in [3.05, 3.63) is 100 Å². The molecule has 0 spiro atoms. The number of allylic oxidation sites excluding steroid dienone is 1. The molecule has 3 aromatic carbocycles. The summed E-state index contributed by atoms with van der Waals surface area (Å²) in [6, 6.07) is 16.8. The van der Waals surface area contributed by atoms with Crippen molar-refractivity contribution in [3.8, 4) is 0 Å². The Kier molecular flexibility index (Phi) is 14.8. The Bertz CT molecular complexity index is 1960. The zero-order chi connectivity index (χ0) is 39.3. The highest BCUT2D eigenvalue weighted by atomic mass is 79.9. The van der Waals surface area contributed by atoms with E-state index in [1.165, 1.54) is 63.6 Å². The number of hydrogen-bond acceptors (Lipinski definition) is 13. The Morgan fingerprint density at radius 1 is 0.811 bits per heavy atom. The van der Waals surface area contributed by atoms with Crippen LogP contribution >= 0.6 is 15.9 Å². The number of aliphatic hydroxyl groups excluding tert-OH is 1. The van der Waals surface area contributed by atoms with E-state index in [1.807, 2.05) is 0 Å². The maximum Gasteiger partial charge on any atom is 0.338 e. The lowest BCUT2D eigenvalue weighted by atomic mass is 10.0. The quantitative estimate of drug-likeness (QED) is 0.0232. The number of carbonyl (C=O) groups is 6. The van der Waals surface area contributed by atoms with Crippen molar-refractivity contribution in [2.75, 3.05) is 31.5 Å². The summed E-state index contributed by atoms with van der Waals surface area (Å²) in [5, 5.41) is 23.2. The van der Waals surface area contributed by atoms with Gasteiger partial charge in [-0.05, 0) is 86.5 Å². The number of carbonyl (C=O) groups excluding carboxylic acids is 6. The second kappa shape index (κ2) is 19.0. The summed E-state index contributed by atoms with van der Waals surface area (Å²) < 4.78 is 14.0. The first-order valence-corrected chi connectivity index (χ1v) is 16.7. The van der Waals surface area contributed by atoms with Crippen molar-refractivity contribution < 1.29 is 48.1 Å². The number of halogens is 1. The van der Waals surface area contributed by atoms with Gasteiger partial charge in [0.2, 0.25) is 0 Å². The Balaban J connectivity index is 1.65. The summed E-state index contributed by atoms with van der Waals surface area (Å²) in [6.45, 7) is 5.72. The number of esters is 3. The molecular formula is C37H38BrN5O10. The van der Waals surface area contributed by atoms with Crippen molar-refractivity contribution >= 4 is 74.2 Å². The van der Waals surface area contributed by atoms with Gasteiger partial charge < -0.3 is 30.0 Å². The van der Waals surface area contributed by atoms with Crippen LogP contribution in [0.15, 0.2) is 93.4 Å². The first-order valence-electron chi connectivity index (χ1n) is 15.9. The number of rotatable bonds is 15. The molecule has 0 heterocycles. The summed E-state index contributed by atoms with van der Waals surface area (Å²) in [6.07, 6.45) is 0.484. The van der Waals surface area contributed by atoms with E-state index in [4.69, 9.17) is 14.2 Å². The lowest BCUT2D eigenvalue weighted by Crippen LogP contribution is -2.29. The monoisotopic (exact) mass is 791 g/mol. The number of amides is 2. The molecule has 278 valence electrons. The standard InChI is InChI=1S/C37H38BrN5O10/c1-21(44)30(39-20-25-19-24(34(48)51-5)9-16-29(25)35(49)52-6)32(46)40-26-12-14-27(15-13-26)41-33(47)31(22(2)45)43-42-28-10-7-23(8-11-28)17-18-53-36(50)37(3,4)38/h7-16,19,45H,17-18,20H2,1-6H3,(H,40,46)(H,41,47). The number of ether oxygens (including phenoxy) is 3. The SMILES string of the molecule is COC(=O)c1ccc(C(=O)OC)c(CN=C(C(C)=O)C(=O)Nc2ccc(NC(=O)C(N=Nc3ccc(CCOC(=O)C(C)(C)Br)cc3)=C(C)O)cc2)c1. The molecule has 15 nitrogen and oxygen atoms in total. The fourth-order valence-electron chi connectivity index (χ4n) is 4.36. The van der Waals surface area contributed by atoms with Crippen LogP contribution in [0.25, 0.3) is 0 Å². The van der Waals surface area contributed by atoms with E-state index in [0.717, 1.165) is 12.5 Å². The molecule has 0 fully saturated rings. The molecule has 0 aliphatic rings. The molecule has 16 heteroatoms. The highest BCUT2D eigenvalue weighted by molar-refractivity contribution is 9.10. The fraction of sp³-hybridized carbons (Fsp3) is 0.270. The lowest BCUT2D eigenvalue weighted by molar-refractivity contribution is -0.145. The van der Waals surface area contributed by atoms with Gasteiger partial charge in [0.15, 0.2) is 17.2 Å². The Labute approximate surface area is 313 Å². The molecule has 0 unspecified atom stereocenters. The normalized spacial score (nSPS) is 12.0. The van der Waals surface area contributed by atoms with Crippen molar-refractivity contribution in [2.24, 2.45) is 15.2 Å². The van der Waals surface area contributed by atoms with Gasteiger partial charge in [0.1, 0.15) is 10.1 Å². The highest BCUT2D eigenvalue weighted by Crippen LogP contribution is 2.21. The molecule has 0 aliphatic carbocycles. The van der Waals surface area contributed by atoms with E-state index >= 15 is 0 Å². The average molecular weight is 793 g/mol. The van der Waals surface area contributed by atoms with Crippen molar-refractivity contribution in [3.63, 3.8) is 0 Å². The second-order valence-corrected chi connectivity index (χ2v) is 13.7. The number of nitrogens with zero attached hydrogens (tertiary/aromatic N) is 3. The van der Waals surface area contributed by atoms with Crippen LogP contribution in [0.2, 0.25) is 0 Å². The lowest BCUT2D eigenvalue weighted by Gasteiger charge is -2.14. The molecule has 0 saturated heterocycles. The number of nitrogens with one attached hydrogen (secondary N) is 2. The van der Waals surface area contributed by atoms with Gasteiger partial charge in [-0.3, -0.25) is 24.2 Å². The van der Waals surface area contributed by atoms with Gasteiger partial charge in [0.25, 0.3) is 11.8 Å². The molecule has 3 N–H and O–H groups in total. The summed E-state index contributed by atoms with van der Waals surface area (Å²) in [5.41, 5.74) is 1.49. The van der Waals surface area contributed by atoms with Gasteiger partial charge in [-0.15, -0.1) is 5.11 Å². The third-order valence-corrected chi connectivity index (χ3v) is 7.48. The topological polar surface area (TPSA) is 211 Å². The highest BCUT2D eigenvalue weighted by Gasteiger charge is 2.25. The number of Topliss-reactive ketones (excluding diaryl/α,β-unsaturated/α-hetero) is 1. The van der Waals surface area contributed by atoms with E-state index in [0.29, 0.717) is 12.1 Å². The summed E-state index contributed by atoms with van der Waals surface area (Å²) in [5.74, 6) is -4.36. The average Bonchev–Trinajstić information content (AvgIpc) is 3.11. The first-order chi connectivity index (χ1) is 25.0. The number of aliphatic imine (C=N–C) groups is 1. The third-order valence-electron chi connectivity index (χ3n) is 7.16. The van der Waals surface area contributed by atoms with Crippen LogP contribution in [-0.4, -0.2) is 71.5 Å². The van der Waals surface area contributed by atoms with Gasteiger partial charge in [-0.25, -0.2) is 9.59 Å². The molecule has 0 aliphatic heterocycles. The number of ketones is 1. The number of alkyl halides is 1. The predicted octanol–water partition coefficient (Wildman–Crippen LogP) is 6.20. The van der Waals surface area contributed by atoms with E-state index in [9.17, 15) is 33.9 Å². The summed E-state index contributed by atoms with van der Waals surface area (Å²) in [7, 11) is 2.38. The van der Waals surface area contributed by atoms with Crippen LogP contribution in [0, 0.1) is 0 Å². The smallest absolute Gasteiger partial charge is 0.338 e. The third kappa shape index (κ3) is 12.3. The molecule has 0 saturated carbocycles. The predicted molar refractivity (Wildman–Crippen MR) is 199 cm³/mol. The maximum absolute atomic E-state index is 13.0. The molecule has 3 rings (SSSR count). The fourth-order valence-corrected chi connectivity index (χ4v) is 4.47. The number of methoxy groups -OCH3 is 2. The van der Waals surface area contributed by atoms with Gasteiger partial charge in [0.05, 0.1) is 44.2 Å². The van der Waals surface area contributed by atoms with Crippen LogP contribution in [-0.2, 0) is 46.4 Å². The van der Waals surface area contributed by atoms with Crippen molar-refractivity contribution in [2.45, 2.75) is 45.0 Å². The molecule has 53 heavy (non-hydrogen) atoms. The van der Waals surface area contributed by atoms with Crippen LogP contribution in [0.3, 0.4) is 0 Å². The van der Waals surface area contributed by atoms with E-state index in [2.05, 4.69) is 41.8 Å². The summed E-state index contributed by atoms with van der Waals surface area (Å²) in [4.78, 5) is 78.7. The Morgan fingerprint density at radius 3 is 1.92 bits per heavy atom. The van der Waals surface area contributed by atoms with Crippen LogP contribution in [0.5, 0.6) is 0 Å². The van der Waals surface area contributed by atoms with E-state index in [1.54, 1.807) is 38.1 Å². The van der Waals surface area contributed by atoms with Crippen molar-refractivity contribution in [1.29, 1.82) is 0 Å². The van der Waals surface area contributed by atoms with Crippen molar-refractivity contribution in [1.82, 2.24) is 0 Å². The number of hydrogen-bond donors (Lipinski definition) is 3. The molecular weight excluding hydrogens is 754 g/mol. The van der Waals surface area contributed by atoms with Gasteiger partial charge >= 0.3 is 17.9 Å². The van der Waals surface area contributed by atoms with Crippen LogP contribution in [0.4, 0.5) is 17.1 Å². The largest absolute Gasteiger partial charge is 0.510 e. The minimum Gasteiger partial charge on any atom is -0.510 e. The number of aliphatic hydroxyl groups is 1. The zero-order valence-corrected chi connectivity index (χ0v) is 31.4. The maximum atomic E-state index is 13.0. The first kappa shape index (κ1) is 41.4. The second-order valence-electron chi connectivity index (χ2n) is 11.7. The number of anilines is 2. The minimum absolute atomic E-state index is 0.0856.